The minimum atomic E-state index is -0.414. The summed E-state index contributed by atoms with van der Waals surface area (Å²) in [4.78, 5) is 94.3. The first kappa shape index (κ1) is 46.0. The molecule has 1 N–H and O–H groups in total. The van der Waals surface area contributed by atoms with Crippen LogP contribution in [-0.4, -0.2) is 148 Å². The van der Waals surface area contributed by atoms with E-state index in [9.17, 15) is 28.8 Å². The molecule has 0 saturated carbocycles. The van der Waals surface area contributed by atoms with Crippen molar-refractivity contribution in [3.63, 3.8) is 0 Å². The molecule has 4 fully saturated rings. The molecule has 63 heavy (non-hydrogen) atoms. The lowest BCUT2D eigenvalue weighted by atomic mass is 9.98. The van der Waals surface area contributed by atoms with Gasteiger partial charge in [0, 0.05) is 116 Å². The zero-order valence-electron chi connectivity index (χ0n) is 39.9. The van der Waals surface area contributed by atoms with Gasteiger partial charge in [-0.15, -0.1) is 0 Å². The zero-order valence-corrected chi connectivity index (χ0v) is 38.7. The van der Waals surface area contributed by atoms with E-state index in [0.29, 0.717) is 59.6 Å². The molecule has 0 radical (unpaired) electrons. The molecule has 4 saturated heterocycles. The average molecular weight is 891 g/mol. The largest absolute Gasteiger partial charge is 0.345 e. The van der Waals surface area contributed by atoms with Crippen LogP contribution in [0.4, 0.5) is 0 Å². The van der Waals surface area contributed by atoms with Crippen LogP contribution in [0.3, 0.4) is 0 Å². The molecule has 4 aliphatic heterocycles. The summed E-state index contributed by atoms with van der Waals surface area (Å²) in [5, 5.41) is 4.08. The second-order valence-corrected chi connectivity index (χ2v) is 18.4. The Hall–Kier alpha value is -5.05. The Balaban J connectivity index is 0.000000284. The van der Waals surface area contributed by atoms with Crippen LogP contribution in [0.1, 0.15) is 110 Å². The van der Waals surface area contributed by atoms with Crippen LogP contribution in [0.5, 0.6) is 0 Å². The molecule has 3 aromatic rings. The van der Waals surface area contributed by atoms with Crippen molar-refractivity contribution in [3.8, 4) is 0 Å². The molecule has 4 aliphatic rings. The number of piperidine rings is 2. The highest BCUT2D eigenvalue weighted by molar-refractivity contribution is 6.31. The number of hydrogen-bond donors (Lipinski definition) is 1. The van der Waals surface area contributed by atoms with E-state index in [1.165, 1.54) is 15.4 Å². The molecular formula is C48H67ClN8O6. The first-order chi connectivity index (χ1) is 31.0. The van der Waals surface area contributed by atoms with Crippen LogP contribution in [0.25, 0.3) is 0 Å². The van der Waals surface area contributed by atoms with E-state index < -0.39 is 6.04 Å². The summed E-state index contributed by atoms with van der Waals surface area (Å²) in [6, 6.07) is 12.4. The Labute approximate surface area is 381 Å². The Kier molecular flexibility index (Phi) is 15.4. The number of carbonyl (C=O) groups excluding carboxylic acids is 6. The third-order valence-corrected chi connectivity index (χ3v) is 13.0. The van der Waals surface area contributed by atoms with Crippen LogP contribution in [0, 0.1) is 20.8 Å². The van der Waals surface area contributed by atoms with Gasteiger partial charge >= 0.3 is 0 Å². The maximum absolute atomic E-state index is 13.4. The van der Waals surface area contributed by atoms with Crippen LogP contribution < -0.4 is 5.32 Å². The molecule has 0 spiro atoms. The minimum Gasteiger partial charge on any atom is -0.345 e. The standard InChI is InChI=1S/C28H35ClN4O3.C20H28N4O3.2H2/c1-18-13-20(5-6-24(18)29)17-32-11-9-23(10-12-32)33-25(7-8-27(33)35)26(34)16-22-15-21(14-19(2)30-22)28(36)31(3)4;1-13-10-14(20(27)23(2)3)11-15(22-13)12-18(25)17-4-5-19(26)24(17)16-6-8-21-9-7-16;;/h5-6,13-15,23,25H,7-12,16-17H2,1-4H3;10-11,16-17,21H,4-9,12H2,1-3H3;2*1H/t25-;17-;;/m11../s1/i;;1+1D;1+1. The fourth-order valence-corrected chi connectivity index (χ4v) is 9.59. The van der Waals surface area contributed by atoms with Gasteiger partial charge in [-0.25, -0.2) is 0 Å². The average Bonchev–Trinajstić information content (AvgIpc) is 3.87. The Morgan fingerprint density at radius 2 is 1.16 bits per heavy atom. The normalized spacial score (nSPS) is 19.9. The van der Waals surface area contributed by atoms with Gasteiger partial charge in [-0.2, -0.15) is 0 Å². The Morgan fingerprint density at radius 3 is 1.60 bits per heavy atom. The molecule has 7 rings (SSSR count). The quantitative estimate of drug-likeness (QED) is 0.255. The summed E-state index contributed by atoms with van der Waals surface area (Å²) >= 11 is 6.16. The highest BCUT2D eigenvalue weighted by Crippen LogP contribution is 2.30. The van der Waals surface area contributed by atoms with Gasteiger partial charge in [0.1, 0.15) is 0 Å². The fraction of sp³-hybridized carbons (Fsp3) is 0.542. The van der Waals surface area contributed by atoms with Crippen LogP contribution in [-0.2, 0) is 38.6 Å². The number of benzene rings is 1. The number of likely N-dealkylation sites (tertiary alicyclic amines) is 3. The maximum atomic E-state index is 13.4. The van der Waals surface area contributed by atoms with E-state index in [0.717, 1.165) is 69.0 Å². The van der Waals surface area contributed by atoms with Crippen LogP contribution >= 0.6 is 11.6 Å². The monoisotopic (exact) mass is 890 g/mol. The SMILES string of the molecule is Cc1cc(C(=O)N(C)C)cc(CC(=O)[C@H]2CCC(=O)N2C2CCN(Cc3ccc(Cl)c(C)c3)CC2)n1.Cc1cc(C(=O)N(C)C)cc(CC(=O)[C@H]2CCC(=O)N2C2CCNCC2)n1.[2HH].[2H][2H]. The van der Waals surface area contributed by atoms with Crippen molar-refractivity contribution in [2.75, 3.05) is 54.4 Å². The fourth-order valence-electron chi connectivity index (χ4n) is 9.47. The predicted octanol–water partition coefficient (Wildman–Crippen LogP) is 5.26. The topological polar surface area (TPSA) is 156 Å². The molecule has 15 heteroatoms. The third-order valence-electron chi connectivity index (χ3n) is 12.6. The van der Waals surface area contributed by atoms with E-state index in [-0.39, 0.29) is 67.6 Å². The van der Waals surface area contributed by atoms with Crippen molar-refractivity contribution in [1.29, 1.82) is 0 Å². The second kappa shape index (κ2) is 21.1. The molecular weight excluding hydrogens is 820 g/mol. The van der Waals surface area contributed by atoms with Crippen molar-refractivity contribution in [3.05, 3.63) is 92.5 Å². The Bertz CT molecular complexity index is 2220. The molecule has 14 nitrogen and oxygen atoms in total. The number of hydrogen-bond acceptors (Lipinski definition) is 10. The first-order valence-corrected chi connectivity index (χ1v) is 22.6. The number of nitrogens with one attached hydrogen (secondary N) is 1. The Morgan fingerprint density at radius 1 is 0.698 bits per heavy atom. The number of aromatic nitrogens is 2. The van der Waals surface area contributed by atoms with E-state index >= 15 is 0 Å². The van der Waals surface area contributed by atoms with Crippen molar-refractivity contribution in [2.24, 2.45) is 0 Å². The summed E-state index contributed by atoms with van der Waals surface area (Å²) < 4.78 is 10.0. The van der Waals surface area contributed by atoms with Crippen molar-refractivity contribution in [2.45, 2.75) is 116 Å². The maximum Gasteiger partial charge on any atom is 0.253 e. The van der Waals surface area contributed by atoms with Crippen molar-refractivity contribution >= 4 is 46.8 Å². The van der Waals surface area contributed by atoms with Gasteiger partial charge in [0.2, 0.25) is 11.8 Å². The van der Waals surface area contributed by atoms with Gasteiger partial charge in [-0.05, 0) is 114 Å². The molecule has 0 bridgehead atoms. The molecule has 6 heterocycles. The van der Waals surface area contributed by atoms with Gasteiger partial charge < -0.3 is 24.9 Å². The van der Waals surface area contributed by atoms with E-state index in [1.54, 1.807) is 52.5 Å². The van der Waals surface area contributed by atoms with E-state index in [2.05, 4.69) is 32.3 Å². The van der Waals surface area contributed by atoms with Gasteiger partial charge in [-0.1, -0.05) is 23.7 Å². The number of halogens is 1. The van der Waals surface area contributed by atoms with Crippen LogP contribution in [0.2, 0.25) is 5.02 Å². The number of ketones is 2. The summed E-state index contributed by atoms with van der Waals surface area (Å²) in [6.07, 6.45) is 5.73. The number of amides is 4. The summed E-state index contributed by atoms with van der Waals surface area (Å²) in [7, 11) is 6.80. The molecule has 2 aromatic heterocycles. The van der Waals surface area contributed by atoms with Gasteiger partial charge in [0.15, 0.2) is 11.6 Å². The lowest BCUT2D eigenvalue weighted by Gasteiger charge is -2.39. The summed E-state index contributed by atoms with van der Waals surface area (Å²) in [5.74, 6) is -0.0577. The summed E-state index contributed by atoms with van der Waals surface area (Å²) in [6.45, 7) is 10.0. The minimum absolute atomic E-state index is 0. The third kappa shape index (κ3) is 12.0. The smallest absolute Gasteiger partial charge is 0.253 e. The van der Waals surface area contributed by atoms with Crippen LogP contribution in [0.15, 0.2) is 42.5 Å². The number of Topliss-reactive ketones (excluding diaryl/α,β-unsaturated/α-hetero) is 2. The van der Waals surface area contributed by atoms with Gasteiger partial charge in [-0.3, -0.25) is 43.6 Å². The highest BCUT2D eigenvalue weighted by Gasteiger charge is 2.42. The highest BCUT2D eigenvalue weighted by atomic mass is 35.5. The predicted molar refractivity (Wildman–Crippen MR) is 246 cm³/mol. The van der Waals surface area contributed by atoms with Crippen molar-refractivity contribution < 1.29 is 33.2 Å². The lowest BCUT2D eigenvalue weighted by molar-refractivity contribution is -0.137. The zero-order chi connectivity index (χ0) is 47.5. The number of aryl methyl sites for hydroxylation is 3. The van der Waals surface area contributed by atoms with Crippen molar-refractivity contribution in [1.82, 2.24) is 39.8 Å². The molecule has 0 aliphatic carbocycles. The number of nitrogens with zero attached hydrogens (tertiary/aromatic N) is 7. The molecule has 2 atom stereocenters. The molecule has 1 aromatic carbocycles. The van der Waals surface area contributed by atoms with Gasteiger partial charge in [0.25, 0.3) is 11.8 Å². The lowest BCUT2D eigenvalue weighted by Crippen LogP contribution is -2.50. The number of carbonyl (C=O) groups is 6. The van der Waals surface area contributed by atoms with E-state index in [4.69, 9.17) is 14.6 Å². The summed E-state index contributed by atoms with van der Waals surface area (Å²) in [5.41, 5.74) is 5.96. The number of pyridine rings is 2. The second-order valence-electron chi connectivity index (χ2n) is 17.9. The van der Waals surface area contributed by atoms with Gasteiger partial charge in [0.05, 0.1) is 24.9 Å². The molecule has 4 amide bonds. The number of rotatable bonds is 12. The molecule has 0 unspecified atom stereocenters. The van der Waals surface area contributed by atoms with E-state index in [1.807, 2.05) is 36.6 Å². The molecule has 342 valence electrons. The first-order valence-electron chi connectivity index (χ1n) is 23.2.